The maximum atomic E-state index is 9.53. The van der Waals surface area contributed by atoms with Crippen LogP contribution in [0.2, 0.25) is 0 Å². The second kappa shape index (κ2) is 4.87. The zero-order valence-corrected chi connectivity index (χ0v) is 10.9. The zero-order valence-electron chi connectivity index (χ0n) is 10.1. The number of hydrogen-bond donors (Lipinski definition) is 2. The molecule has 0 bridgehead atoms. The normalized spacial score (nSPS) is 20.1. The van der Waals surface area contributed by atoms with Crippen molar-refractivity contribution in [3.05, 3.63) is 17.3 Å². The second-order valence-corrected chi connectivity index (χ2v) is 5.58. The van der Waals surface area contributed by atoms with Crippen molar-refractivity contribution in [2.24, 2.45) is 5.92 Å². The summed E-state index contributed by atoms with van der Waals surface area (Å²) in [5.74, 6) is 1.45. The minimum Gasteiger partial charge on any atom is -0.396 e. The number of nitrogens with zero attached hydrogens (tertiary/aromatic N) is 3. The van der Waals surface area contributed by atoms with Gasteiger partial charge in [-0.2, -0.15) is 0 Å². The molecule has 0 spiro atoms. The van der Waals surface area contributed by atoms with Gasteiger partial charge in [-0.1, -0.05) is 0 Å². The Kier molecular flexibility index (Phi) is 3.23. The molecule has 1 saturated heterocycles. The molecule has 2 aromatic heterocycles. The summed E-state index contributed by atoms with van der Waals surface area (Å²) in [4.78, 5) is 7.76. The van der Waals surface area contributed by atoms with E-state index in [1.807, 2.05) is 16.0 Å². The van der Waals surface area contributed by atoms with Crippen LogP contribution in [0, 0.1) is 5.92 Å². The van der Waals surface area contributed by atoms with Gasteiger partial charge in [0.05, 0.1) is 12.3 Å². The lowest BCUT2D eigenvalue weighted by Gasteiger charge is -2.17. The molecule has 2 aromatic rings. The predicted molar refractivity (Wildman–Crippen MR) is 71.0 cm³/mol. The molecule has 0 aliphatic carbocycles. The molecule has 1 atom stereocenters. The van der Waals surface area contributed by atoms with Crippen LogP contribution in [0.15, 0.2) is 11.6 Å². The molecule has 98 valence electrons. The van der Waals surface area contributed by atoms with Gasteiger partial charge in [-0.25, -0.2) is 4.98 Å². The fourth-order valence-corrected chi connectivity index (χ4v) is 3.39. The first-order chi connectivity index (χ1) is 8.83. The van der Waals surface area contributed by atoms with E-state index in [2.05, 4.69) is 9.88 Å². The van der Waals surface area contributed by atoms with E-state index in [1.165, 1.54) is 0 Å². The summed E-state index contributed by atoms with van der Waals surface area (Å²) >= 11 is 1.58. The molecule has 1 aliphatic rings. The van der Waals surface area contributed by atoms with E-state index in [0.717, 1.165) is 42.4 Å². The van der Waals surface area contributed by atoms with Gasteiger partial charge >= 0.3 is 0 Å². The standard InChI is InChI=1S/C12H17N3O2S/c16-5-2-9-1-3-14(7-9)11-10(8-17)15-4-6-18-12(15)13-11/h4,6,9,16-17H,1-3,5,7-8H2. The summed E-state index contributed by atoms with van der Waals surface area (Å²) in [5, 5.41) is 20.5. The predicted octanol–water partition coefficient (Wildman–Crippen LogP) is 1.10. The highest BCUT2D eigenvalue weighted by Crippen LogP contribution is 2.30. The minimum atomic E-state index is 0.00833. The fourth-order valence-electron chi connectivity index (χ4n) is 2.66. The number of hydrogen-bond acceptors (Lipinski definition) is 5. The Bertz CT molecular complexity index is 536. The lowest BCUT2D eigenvalue weighted by molar-refractivity contribution is 0.263. The number of imidazole rings is 1. The van der Waals surface area contributed by atoms with Crippen LogP contribution in [0.3, 0.4) is 0 Å². The van der Waals surface area contributed by atoms with Crippen molar-refractivity contribution < 1.29 is 10.2 Å². The van der Waals surface area contributed by atoms with Crippen molar-refractivity contribution in [1.29, 1.82) is 0 Å². The fraction of sp³-hybridized carbons (Fsp3) is 0.583. The number of aliphatic hydroxyl groups is 2. The van der Waals surface area contributed by atoms with Crippen molar-refractivity contribution in [3.8, 4) is 0 Å². The van der Waals surface area contributed by atoms with E-state index < -0.39 is 0 Å². The van der Waals surface area contributed by atoms with Crippen LogP contribution < -0.4 is 4.90 Å². The quantitative estimate of drug-likeness (QED) is 0.871. The number of aromatic nitrogens is 2. The van der Waals surface area contributed by atoms with E-state index in [9.17, 15) is 5.11 Å². The first-order valence-electron chi connectivity index (χ1n) is 6.24. The molecule has 0 saturated carbocycles. The van der Waals surface area contributed by atoms with Crippen LogP contribution in [0.1, 0.15) is 18.5 Å². The summed E-state index contributed by atoms with van der Waals surface area (Å²) in [7, 11) is 0. The van der Waals surface area contributed by atoms with Gasteiger partial charge in [0.1, 0.15) is 0 Å². The van der Waals surface area contributed by atoms with E-state index in [4.69, 9.17) is 5.11 Å². The molecule has 1 aliphatic heterocycles. The third-order valence-corrected chi connectivity index (χ3v) is 4.37. The number of rotatable bonds is 4. The SMILES string of the molecule is OCCC1CCN(c2nc3sccn3c2CO)C1. The van der Waals surface area contributed by atoms with Crippen molar-refractivity contribution in [2.75, 3.05) is 24.6 Å². The molecule has 5 nitrogen and oxygen atoms in total. The van der Waals surface area contributed by atoms with Gasteiger partial charge in [0.15, 0.2) is 10.8 Å². The Morgan fingerprint density at radius 1 is 1.44 bits per heavy atom. The highest BCUT2D eigenvalue weighted by Gasteiger charge is 2.26. The van der Waals surface area contributed by atoms with Crippen molar-refractivity contribution in [2.45, 2.75) is 19.4 Å². The first kappa shape index (κ1) is 12.0. The largest absolute Gasteiger partial charge is 0.396 e. The molecule has 6 heteroatoms. The first-order valence-corrected chi connectivity index (χ1v) is 7.12. The van der Waals surface area contributed by atoms with Crippen LogP contribution in [-0.2, 0) is 6.61 Å². The third-order valence-electron chi connectivity index (χ3n) is 3.61. The second-order valence-electron chi connectivity index (χ2n) is 4.71. The van der Waals surface area contributed by atoms with Crippen molar-refractivity contribution in [3.63, 3.8) is 0 Å². The summed E-state index contributed by atoms with van der Waals surface area (Å²) in [5.41, 5.74) is 0.871. The molecule has 3 rings (SSSR count). The zero-order chi connectivity index (χ0) is 12.5. The molecule has 3 heterocycles. The van der Waals surface area contributed by atoms with E-state index in [0.29, 0.717) is 5.92 Å². The van der Waals surface area contributed by atoms with Crippen LogP contribution in [0.5, 0.6) is 0 Å². The summed E-state index contributed by atoms with van der Waals surface area (Å²) < 4.78 is 1.96. The minimum absolute atomic E-state index is 0.00833. The van der Waals surface area contributed by atoms with Crippen LogP contribution in [0.4, 0.5) is 5.82 Å². The van der Waals surface area contributed by atoms with Crippen LogP contribution >= 0.6 is 11.3 Å². The molecule has 0 amide bonds. The van der Waals surface area contributed by atoms with E-state index in [-0.39, 0.29) is 13.2 Å². The van der Waals surface area contributed by atoms with Crippen LogP contribution in [-0.4, -0.2) is 39.3 Å². The highest BCUT2D eigenvalue weighted by molar-refractivity contribution is 7.15. The van der Waals surface area contributed by atoms with Gasteiger partial charge in [0.2, 0.25) is 0 Å². The average Bonchev–Trinajstić information content (AvgIpc) is 3.01. The average molecular weight is 267 g/mol. The topological polar surface area (TPSA) is 61.0 Å². The van der Waals surface area contributed by atoms with Gasteiger partial charge in [0, 0.05) is 31.3 Å². The molecule has 0 aromatic carbocycles. The monoisotopic (exact) mass is 267 g/mol. The summed E-state index contributed by atoms with van der Waals surface area (Å²) in [6, 6.07) is 0. The van der Waals surface area contributed by atoms with Crippen LogP contribution in [0.25, 0.3) is 4.96 Å². The number of fused-ring (bicyclic) bond motifs is 1. The Morgan fingerprint density at radius 2 is 2.33 bits per heavy atom. The molecular weight excluding hydrogens is 250 g/mol. The Labute approximate surface area is 109 Å². The van der Waals surface area contributed by atoms with E-state index >= 15 is 0 Å². The number of aliphatic hydroxyl groups excluding tert-OH is 2. The smallest absolute Gasteiger partial charge is 0.195 e. The highest BCUT2D eigenvalue weighted by atomic mass is 32.1. The number of anilines is 1. The van der Waals surface area contributed by atoms with Gasteiger partial charge in [-0.05, 0) is 18.8 Å². The molecule has 18 heavy (non-hydrogen) atoms. The molecule has 1 fully saturated rings. The number of thiazole rings is 1. The Morgan fingerprint density at radius 3 is 3.11 bits per heavy atom. The summed E-state index contributed by atoms with van der Waals surface area (Å²) in [6.45, 7) is 2.15. The van der Waals surface area contributed by atoms with Crippen molar-refractivity contribution in [1.82, 2.24) is 9.38 Å². The molecule has 2 N–H and O–H groups in total. The van der Waals surface area contributed by atoms with Gasteiger partial charge < -0.3 is 15.1 Å². The molecular formula is C12H17N3O2S. The third kappa shape index (κ3) is 1.90. The molecule has 0 radical (unpaired) electrons. The maximum Gasteiger partial charge on any atom is 0.195 e. The maximum absolute atomic E-state index is 9.53. The Hall–Kier alpha value is -1.11. The lowest BCUT2D eigenvalue weighted by Crippen LogP contribution is -2.21. The molecule has 1 unspecified atom stereocenters. The summed E-state index contributed by atoms with van der Waals surface area (Å²) in [6.07, 6.45) is 3.90. The van der Waals surface area contributed by atoms with Gasteiger partial charge in [-0.15, -0.1) is 11.3 Å². The van der Waals surface area contributed by atoms with Crippen molar-refractivity contribution >= 4 is 22.1 Å². The van der Waals surface area contributed by atoms with Gasteiger partial charge in [0.25, 0.3) is 0 Å². The van der Waals surface area contributed by atoms with Gasteiger partial charge in [-0.3, -0.25) is 4.40 Å². The lowest BCUT2D eigenvalue weighted by atomic mass is 10.1. The Balaban J connectivity index is 1.88. The van der Waals surface area contributed by atoms with E-state index in [1.54, 1.807) is 11.3 Å².